The Morgan fingerprint density at radius 3 is 2.78 bits per heavy atom. The average molecular weight is 314 g/mol. The predicted molar refractivity (Wildman–Crippen MR) is 84.0 cm³/mol. The van der Waals surface area contributed by atoms with Crippen LogP contribution in [0.25, 0.3) is 11.3 Å². The first kappa shape index (κ1) is 15.1. The Kier molecular flexibility index (Phi) is 4.01. The lowest BCUT2D eigenvalue weighted by molar-refractivity contribution is -0.118. The molecule has 2 heterocycles. The zero-order valence-electron chi connectivity index (χ0n) is 13.0. The van der Waals surface area contributed by atoms with Crippen LogP contribution in [0.5, 0.6) is 5.75 Å². The van der Waals surface area contributed by atoms with Crippen LogP contribution in [0.2, 0.25) is 0 Å². The number of ether oxygens (including phenoxy) is 1. The second kappa shape index (κ2) is 6.12. The lowest BCUT2D eigenvalue weighted by Crippen LogP contribution is -2.34. The van der Waals surface area contributed by atoms with E-state index in [2.05, 4.69) is 15.7 Å². The number of nitrogens with one attached hydrogen (secondary N) is 2. The van der Waals surface area contributed by atoms with Gasteiger partial charge in [-0.05, 0) is 12.1 Å². The molecule has 0 bridgehead atoms. The van der Waals surface area contributed by atoms with E-state index in [4.69, 9.17) is 4.74 Å². The smallest absolute Gasteiger partial charge is 0.272 e. The molecule has 1 aromatic carbocycles. The van der Waals surface area contributed by atoms with Gasteiger partial charge in [0, 0.05) is 38.2 Å². The number of hydrogen-bond donors (Lipinski definition) is 2. The number of benzene rings is 1. The number of hydrogen-bond acceptors (Lipinski definition) is 4. The number of nitrogens with zero attached hydrogens (tertiary/aromatic N) is 2. The summed E-state index contributed by atoms with van der Waals surface area (Å²) in [5, 5.41) is 9.73. The molecule has 120 valence electrons. The van der Waals surface area contributed by atoms with Gasteiger partial charge in [0.15, 0.2) is 5.69 Å². The maximum absolute atomic E-state index is 12.3. The number of aryl methyl sites for hydroxylation is 1. The largest absolute Gasteiger partial charge is 0.488 e. The van der Waals surface area contributed by atoms with Crippen LogP contribution in [0.4, 0.5) is 0 Å². The van der Waals surface area contributed by atoms with Crippen LogP contribution in [0.3, 0.4) is 0 Å². The molecule has 7 nitrogen and oxygen atoms in total. The van der Waals surface area contributed by atoms with Gasteiger partial charge >= 0.3 is 0 Å². The van der Waals surface area contributed by atoms with E-state index in [9.17, 15) is 9.59 Å². The lowest BCUT2D eigenvalue weighted by Gasteiger charge is -2.18. The molecule has 0 aliphatic carbocycles. The van der Waals surface area contributed by atoms with Crippen molar-refractivity contribution in [2.24, 2.45) is 7.05 Å². The molecule has 23 heavy (non-hydrogen) atoms. The third-order valence-electron chi connectivity index (χ3n) is 3.66. The van der Waals surface area contributed by atoms with Crippen molar-refractivity contribution < 1.29 is 14.3 Å². The summed E-state index contributed by atoms with van der Waals surface area (Å²) < 4.78 is 7.43. The van der Waals surface area contributed by atoms with Crippen molar-refractivity contribution >= 4 is 11.8 Å². The fraction of sp³-hybridized carbons (Fsp3) is 0.312. The number of amides is 2. The molecule has 1 aliphatic heterocycles. The molecule has 1 aliphatic rings. The van der Waals surface area contributed by atoms with Crippen LogP contribution in [-0.4, -0.2) is 34.7 Å². The summed E-state index contributed by atoms with van der Waals surface area (Å²) in [7, 11) is 1.81. The second-order valence-electron chi connectivity index (χ2n) is 5.32. The Hall–Kier alpha value is -2.83. The van der Waals surface area contributed by atoms with E-state index in [1.165, 1.54) is 6.92 Å². The van der Waals surface area contributed by atoms with Gasteiger partial charge in [0.25, 0.3) is 5.91 Å². The summed E-state index contributed by atoms with van der Waals surface area (Å²) in [6.07, 6.45) is 0. The van der Waals surface area contributed by atoms with Crippen LogP contribution < -0.4 is 15.4 Å². The molecule has 0 atom stereocenters. The van der Waals surface area contributed by atoms with Crippen molar-refractivity contribution in [1.29, 1.82) is 0 Å². The van der Waals surface area contributed by atoms with E-state index < -0.39 is 0 Å². The summed E-state index contributed by atoms with van der Waals surface area (Å²) in [4.78, 5) is 23.1. The predicted octanol–water partition coefficient (Wildman–Crippen LogP) is 0.845. The van der Waals surface area contributed by atoms with Gasteiger partial charge in [-0.1, -0.05) is 12.1 Å². The van der Waals surface area contributed by atoms with Gasteiger partial charge in [-0.3, -0.25) is 14.3 Å². The van der Waals surface area contributed by atoms with E-state index in [1.807, 2.05) is 31.3 Å². The highest BCUT2D eigenvalue weighted by molar-refractivity contribution is 5.96. The van der Waals surface area contributed by atoms with Gasteiger partial charge in [-0.15, -0.1) is 0 Å². The molecular formula is C16H18N4O3. The fourth-order valence-corrected chi connectivity index (χ4v) is 2.66. The molecule has 2 amide bonds. The Labute approximate surface area is 133 Å². The number of carbonyl (C=O) groups excluding carboxylic acids is 2. The molecule has 7 heteroatoms. The van der Waals surface area contributed by atoms with E-state index in [0.717, 1.165) is 22.6 Å². The van der Waals surface area contributed by atoms with Crippen LogP contribution in [0, 0.1) is 0 Å². The Morgan fingerprint density at radius 1 is 1.26 bits per heavy atom. The zero-order chi connectivity index (χ0) is 16.4. The third-order valence-corrected chi connectivity index (χ3v) is 3.66. The molecule has 0 spiro atoms. The van der Waals surface area contributed by atoms with Gasteiger partial charge in [0.05, 0.1) is 5.69 Å². The molecule has 0 radical (unpaired) electrons. The Bertz CT molecular complexity index is 767. The van der Waals surface area contributed by atoms with Crippen molar-refractivity contribution in [1.82, 2.24) is 20.4 Å². The minimum Gasteiger partial charge on any atom is -0.488 e. The highest BCUT2D eigenvalue weighted by Gasteiger charge is 2.27. The first-order valence-corrected chi connectivity index (χ1v) is 7.38. The van der Waals surface area contributed by atoms with E-state index in [0.29, 0.717) is 25.4 Å². The van der Waals surface area contributed by atoms with E-state index in [1.54, 1.807) is 4.68 Å². The molecule has 2 N–H and O–H groups in total. The first-order chi connectivity index (χ1) is 11.1. The lowest BCUT2D eigenvalue weighted by atomic mass is 10.0. The van der Waals surface area contributed by atoms with Gasteiger partial charge in [0.2, 0.25) is 5.91 Å². The van der Waals surface area contributed by atoms with Crippen LogP contribution in [0.15, 0.2) is 24.3 Å². The summed E-state index contributed by atoms with van der Waals surface area (Å²) in [5.74, 6) is 0.398. The standard InChI is InChI=1S/C16H18N4O3/c1-10(21)17-7-8-18-16(22)14-12-9-23-13-6-4-3-5-11(13)15(12)20(2)19-14/h3-6H,7-9H2,1-2H3,(H,17,21)(H,18,22). The number of para-hydroxylation sites is 1. The minimum atomic E-state index is -0.268. The maximum Gasteiger partial charge on any atom is 0.272 e. The molecule has 0 saturated carbocycles. The molecule has 0 saturated heterocycles. The Balaban J connectivity index is 1.81. The molecule has 1 aromatic heterocycles. The highest BCUT2D eigenvalue weighted by Crippen LogP contribution is 2.38. The highest BCUT2D eigenvalue weighted by atomic mass is 16.5. The van der Waals surface area contributed by atoms with Crippen LogP contribution >= 0.6 is 0 Å². The molecule has 2 aromatic rings. The van der Waals surface area contributed by atoms with Crippen LogP contribution in [-0.2, 0) is 18.4 Å². The Morgan fingerprint density at radius 2 is 2.00 bits per heavy atom. The third kappa shape index (κ3) is 2.90. The molecule has 0 fully saturated rings. The van der Waals surface area contributed by atoms with Crippen molar-refractivity contribution in [3.05, 3.63) is 35.5 Å². The maximum atomic E-state index is 12.3. The SMILES string of the molecule is CC(=O)NCCNC(=O)c1nn(C)c2c1COc1ccccc1-2. The number of rotatable bonds is 4. The summed E-state index contributed by atoms with van der Waals surface area (Å²) in [6.45, 7) is 2.48. The van der Waals surface area contributed by atoms with Crippen molar-refractivity contribution in [2.75, 3.05) is 13.1 Å². The van der Waals surface area contributed by atoms with Crippen LogP contribution in [0.1, 0.15) is 23.0 Å². The normalized spacial score (nSPS) is 11.9. The molecular weight excluding hydrogens is 296 g/mol. The number of fused-ring (bicyclic) bond motifs is 3. The molecule has 3 rings (SSSR count). The van der Waals surface area contributed by atoms with E-state index >= 15 is 0 Å². The topological polar surface area (TPSA) is 85.3 Å². The van der Waals surface area contributed by atoms with Gasteiger partial charge in [-0.25, -0.2) is 0 Å². The monoisotopic (exact) mass is 314 g/mol. The second-order valence-corrected chi connectivity index (χ2v) is 5.32. The van der Waals surface area contributed by atoms with Crippen molar-refractivity contribution in [2.45, 2.75) is 13.5 Å². The quantitative estimate of drug-likeness (QED) is 0.819. The number of aromatic nitrogens is 2. The van der Waals surface area contributed by atoms with Gasteiger partial charge in [0.1, 0.15) is 12.4 Å². The zero-order valence-corrected chi connectivity index (χ0v) is 13.0. The minimum absolute atomic E-state index is 0.125. The van der Waals surface area contributed by atoms with E-state index in [-0.39, 0.29) is 11.8 Å². The first-order valence-electron chi connectivity index (χ1n) is 7.38. The summed E-state index contributed by atoms with van der Waals surface area (Å²) in [5.41, 5.74) is 2.97. The number of carbonyl (C=O) groups is 2. The average Bonchev–Trinajstić information content (AvgIpc) is 2.89. The van der Waals surface area contributed by atoms with Crippen molar-refractivity contribution in [3.63, 3.8) is 0 Å². The fourth-order valence-electron chi connectivity index (χ4n) is 2.66. The van der Waals surface area contributed by atoms with Gasteiger partial charge < -0.3 is 15.4 Å². The molecule has 0 unspecified atom stereocenters. The summed E-state index contributed by atoms with van der Waals surface area (Å²) in [6, 6.07) is 7.69. The van der Waals surface area contributed by atoms with Gasteiger partial charge in [-0.2, -0.15) is 5.10 Å². The summed E-state index contributed by atoms with van der Waals surface area (Å²) >= 11 is 0. The van der Waals surface area contributed by atoms with Crippen molar-refractivity contribution in [3.8, 4) is 17.0 Å².